The molecule has 0 saturated heterocycles. The van der Waals surface area contributed by atoms with Crippen LogP contribution in [0.1, 0.15) is 12.5 Å². The second-order valence-electron chi connectivity index (χ2n) is 6.46. The van der Waals surface area contributed by atoms with Gasteiger partial charge < -0.3 is 9.67 Å². The number of fused-ring (bicyclic) bond motifs is 3. The third-order valence-corrected chi connectivity index (χ3v) is 4.82. The molecule has 0 bridgehead atoms. The first kappa shape index (κ1) is 17.3. The van der Waals surface area contributed by atoms with Crippen LogP contribution < -0.4 is 5.01 Å². The van der Waals surface area contributed by atoms with E-state index in [4.69, 9.17) is 0 Å². The van der Waals surface area contributed by atoms with Gasteiger partial charge >= 0.3 is 0 Å². The Morgan fingerprint density at radius 3 is 2.44 bits per heavy atom. The molecule has 3 aromatic carbocycles. The van der Waals surface area contributed by atoms with Gasteiger partial charge in [0.25, 0.3) is 0 Å². The first-order valence-corrected chi connectivity index (χ1v) is 9.30. The van der Waals surface area contributed by atoms with Crippen LogP contribution in [0, 0.1) is 0 Å². The third-order valence-electron chi connectivity index (χ3n) is 4.82. The van der Waals surface area contributed by atoms with Gasteiger partial charge in [0.05, 0.1) is 18.5 Å². The zero-order valence-corrected chi connectivity index (χ0v) is 15.4. The summed E-state index contributed by atoms with van der Waals surface area (Å²) in [6.45, 7) is 3.61. The fraction of sp³-hybridized carbons (Fsp3) is 0.174. The standard InChI is InChI=1S/C23H23N3O/c1-2-26(19-8-4-3-5-9-19)24-17-18-12-13-23-21(16-18)20-10-6-7-11-22(20)25(23)14-15-27/h3-13,16-17,27H,2,14-15H2,1H3. The lowest BCUT2D eigenvalue weighted by molar-refractivity contribution is 0.280. The molecule has 0 spiro atoms. The summed E-state index contributed by atoms with van der Waals surface area (Å²) in [5.41, 5.74) is 4.42. The molecule has 4 heteroatoms. The molecule has 0 aliphatic carbocycles. The van der Waals surface area contributed by atoms with Gasteiger partial charge in [-0.25, -0.2) is 0 Å². The molecule has 4 aromatic rings. The van der Waals surface area contributed by atoms with Crippen molar-refractivity contribution in [2.75, 3.05) is 18.2 Å². The van der Waals surface area contributed by atoms with Crippen molar-refractivity contribution in [2.45, 2.75) is 13.5 Å². The Bertz CT molecular complexity index is 1080. The summed E-state index contributed by atoms with van der Waals surface area (Å²) in [6.07, 6.45) is 1.91. The quantitative estimate of drug-likeness (QED) is 0.403. The van der Waals surface area contributed by atoms with E-state index in [2.05, 4.69) is 65.1 Å². The summed E-state index contributed by atoms with van der Waals surface area (Å²) in [5, 5.41) is 18.5. The Kier molecular flexibility index (Phi) is 4.90. The maximum atomic E-state index is 9.44. The molecule has 27 heavy (non-hydrogen) atoms. The number of hydrazone groups is 1. The van der Waals surface area contributed by atoms with Gasteiger partial charge in [-0.3, -0.25) is 5.01 Å². The molecular weight excluding hydrogens is 334 g/mol. The molecule has 0 aliphatic rings. The summed E-state index contributed by atoms with van der Waals surface area (Å²) < 4.78 is 2.17. The van der Waals surface area contributed by atoms with E-state index < -0.39 is 0 Å². The van der Waals surface area contributed by atoms with Crippen LogP contribution in [-0.2, 0) is 6.54 Å². The number of nitrogens with zero attached hydrogens (tertiary/aromatic N) is 3. The van der Waals surface area contributed by atoms with Gasteiger partial charge in [-0.15, -0.1) is 0 Å². The van der Waals surface area contributed by atoms with E-state index in [1.165, 1.54) is 10.8 Å². The molecule has 0 fully saturated rings. The average molecular weight is 357 g/mol. The summed E-state index contributed by atoms with van der Waals surface area (Å²) >= 11 is 0. The Balaban J connectivity index is 1.74. The molecule has 0 aliphatic heterocycles. The minimum atomic E-state index is 0.125. The molecule has 1 N–H and O–H groups in total. The van der Waals surface area contributed by atoms with Crippen molar-refractivity contribution in [3.8, 4) is 0 Å². The fourth-order valence-corrected chi connectivity index (χ4v) is 3.56. The predicted molar refractivity (Wildman–Crippen MR) is 114 cm³/mol. The smallest absolute Gasteiger partial charge is 0.0610 e. The van der Waals surface area contributed by atoms with Gasteiger partial charge in [-0.2, -0.15) is 5.10 Å². The number of benzene rings is 3. The van der Waals surface area contributed by atoms with Crippen LogP contribution in [-0.4, -0.2) is 29.0 Å². The Morgan fingerprint density at radius 2 is 1.67 bits per heavy atom. The van der Waals surface area contributed by atoms with Crippen molar-refractivity contribution in [1.82, 2.24) is 4.57 Å². The summed E-state index contributed by atoms with van der Waals surface area (Å²) in [4.78, 5) is 0. The number of aromatic nitrogens is 1. The Morgan fingerprint density at radius 1 is 0.926 bits per heavy atom. The van der Waals surface area contributed by atoms with Crippen LogP contribution in [0.3, 0.4) is 0 Å². The minimum absolute atomic E-state index is 0.125. The molecule has 4 rings (SSSR count). The van der Waals surface area contributed by atoms with Crippen molar-refractivity contribution >= 4 is 33.7 Å². The van der Waals surface area contributed by atoms with Gasteiger partial charge in [-0.1, -0.05) is 42.5 Å². The lowest BCUT2D eigenvalue weighted by atomic mass is 10.1. The lowest BCUT2D eigenvalue weighted by Gasteiger charge is -2.16. The van der Waals surface area contributed by atoms with E-state index >= 15 is 0 Å². The number of hydrogen-bond acceptors (Lipinski definition) is 3. The van der Waals surface area contributed by atoms with E-state index in [1.807, 2.05) is 35.5 Å². The van der Waals surface area contributed by atoms with Crippen LogP contribution in [0.5, 0.6) is 0 Å². The van der Waals surface area contributed by atoms with Crippen LogP contribution in [0.25, 0.3) is 21.8 Å². The van der Waals surface area contributed by atoms with Gasteiger partial charge in [0, 0.05) is 34.9 Å². The SMILES string of the molecule is CCN(N=Cc1ccc2c(c1)c1ccccc1n2CCO)c1ccccc1. The normalized spacial score (nSPS) is 11.6. The van der Waals surface area contributed by atoms with E-state index in [-0.39, 0.29) is 6.61 Å². The lowest BCUT2D eigenvalue weighted by Crippen LogP contribution is -2.15. The molecule has 1 aromatic heterocycles. The minimum Gasteiger partial charge on any atom is -0.395 e. The van der Waals surface area contributed by atoms with Crippen LogP contribution in [0.4, 0.5) is 5.69 Å². The van der Waals surface area contributed by atoms with Crippen molar-refractivity contribution < 1.29 is 5.11 Å². The van der Waals surface area contributed by atoms with Gasteiger partial charge in [0.2, 0.25) is 0 Å². The first-order valence-electron chi connectivity index (χ1n) is 9.30. The third kappa shape index (κ3) is 3.32. The fourth-order valence-electron chi connectivity index (χ4n) is 3.56. The van der Waals surface area contributed by atoms with Crippen LogP contribution >= 0.6 is 0 Å². The molecule has 0 saturated carbocycles. The highest BCUT2D eigenvalue weighted by atomic mass is 16.3. The molecule has 0 amide bonds. The van der Waals surface area contributed by atoms with Gasteiger partial charge in [0.15, 0.2) is 0 Å². The summed E-state index contributed by atoms with van der Waals surface area (Å²) in [5.74, 6) is 0. The van der Waals surface area contributed by atoms with Crippen LogP contribution in [0.2, 0.25) is 0 Å². The Labute approximate surface area is 159 Å². The molecule has 4 nitrogen and oxygen atoms in total. The zero-order chi connectivity index (χ0) is 18.6. The van der Waals surface area contributed by atoms with Crippen molar-refractivity contribution in [3.05, 3.63) is 78.4 Å². The highest BCUT2D eigenvalue weighted by molar-refractivity contribution is 6.09. The van der Waals surface area contributed by atoms with Crippen molar-refractivity contribution in [3.63, 3.8) is 0 Å². The zero-order valence-electron chi connectivity index (χ0n) is 15.4. The molecule has 0 unspecified atom stereocenters. The Hall–Kier alpha value is -3.11. The number of para-hydroxylation sites is 2. The molecular formula is C23H23N3O. The van der Waals surface area contributed by atoms with Crippen LogP contribution in [0.15, 0.2) is 77.9 Å². The summed E-state index contributed by atoms with van der Waals surface area (Å²) in [7, 11) is 0. The van der Waals surface area contributed by atoms with E-state index in [9.17, 15) is 5.11 Å². The molecule has 1 heterocycles. The predicted octanol–water partition coefficient (Wildman–Crippen LogP) is 4.65. The number of rotatable bonds is 6. The maximum absolute atomic E-state index is 9.44. The topological polar surface area (TPSA) is 40.8 Å². The number of hydrogen-bond donors (Lipinski definition) is 1. The van der Waals surface area contributed by atoms with E-state index in [0.29, 0.717) is 6.54 Å². The highest BCUT2D eigenvalue weighted by Crippen LogP contribution is 2.29. The molecule has 0 radical (unpaired) electrons. The largest absolute Gasteiger partial charge is 0.395 e. The average Bonchev–Trinajstić information content (AvgIpc) is 3.03. The second-order valence-corrected chi connectivity index (χ2v) is 6.46. The molecule has 136 valence electrons. The summed E-state index contributed by atoms with van der Waals surface area (Å²) in [6, 6.07) is 24.9. The van der Waals surface area contributed by atoms with Crippen molar-refractivity contribution in [2.24, 2.45) is 5.10 Å². The van der Waals surface area contributed by atoms with Gasteiger partial charge in [0.1, 0.15) is 0 Å². The number of anilines is 1. The number of aliphatic hydroxyl groups excluding tert-OH is 1. The first-order chi connectivity index (χ1) is 13.3. The van der Waals surface area contributed by atoms with E-state index in [0.717, 1.165) is 28.8 Å². The van der Waals surface area contributed by atoms with E-state index in [1.54, 1.807) is 0 Å². The molecule has 0 atom stereocenters. The highest BCUT2D eigenvalue weighted by Gasteiger charge is 2.10. The monoisotopic (exact) mass is 357 g/mol. The maximum Gasteiger partial charge on any atom is 0.0610 e. The second kappa shape index (κ2) is 7.64. The van der Waals surface area contributed by atoms with Gasteiger partial charge in [-0.05, 0) is 42.8 Å². The number of aliphatic hydroxyl groups is 1. The van der Waals surface area contributed by atoms with Crippen molar-refractivity contribution in [1.29, 1.82) is 0 Å².